The molecule has 0 aliphatic carbocycles. The van der Waals surface area contributed by atoms with Crippen molar-refractivity contribution in [1.82, 2.24) is 0 Å². The van der Waals surface area contributed by atoms with Gasteiger partial charge in [0.05, 0.1) is 4.90 Å². The second kappa shape index (κ2) is 8.27. The van der Waals surface area contributed by atoms with Crippen LogP contribution in [0.15, 0.2) is 77.7 Å². The van der Waals surface area contributed by atoms with Gasteiger partial charge in [0.2, 0.25) is 0 Å². The number of sulfonamides is 1. The van der Waals surface area contributed by atoms with Crippen molar-refractivity contribution in [1.29, 1.82) is 0 Å². The lowest BCUT2D eigenvalue weighted by molar-refractivity contribution is 0.102. The minimum absolute atomic E-state index is 0.0963. The maximum Gasteiger partial charge on any atom is 0.261 e. The Balaban J connectivity index is 1.71. The second-order valence-corrected chi connectivity index (χ2v) is 8.18. The topological polar surface area (TPSA) is 75.3 Å². The first-order valence-electron chi connectivity index (χ1n) is 8.97. The Morgan fingerprint density at radius 1 is 0.821 bits per heavy atom. The van der Waals surface area contributed by atoms with Crippen LogP contribution in [0.4, 0.5) is 11.4 Å². The zero-order valence-corrected chi connectivity index (χ0v) is 16.6. The molecule has 1 amide bonds. The lowest BCUT2D eigenvalue weighted by Gasteiger charge is -2.10. The van der Waals surface area contributed by atoms with E-state index in [0.29, 0.717) is 16.9 Å². The minimum atomic E-state index is -3.72. The van der Waals surface area contributed by atoms with Crippen LogP contribution >= 0.6 is 0 Å². The number of amides is 1. The predicted molar refractivity (Wildman–Crippen MR) is 112 cm³/mol. The van der Waals surface area contributed by atoms with Crippen molar-refractivity contribution in [3.63, 3.8) is 0 Å². The summed E-state index contributed by atoms with van der Waals surface area (Å²) in [6, 6.07) is 20.5. The van der Waals surface area contributed by atoms with Gasteiger partial charge in [0.1, 0.15) is 0 Å². The highest BCUT2D eigenvalue weighted by molar-refractivity contribution is 7.92. The average Bonchev–Trinajstić information content (AvgIpc) is 2.70. The van der Waals surface area contributed by atoms with E-state index in [1.165, 1.54) is 24.3 Å². The Hall–Kier alpha value is -3.12. The summed E-state index contributed by atoms with van der Waals surface area (Å²) in [5.41, 5.74) is 3.80. The zero-order chi connectivity index (χ0) is 20.1. The monoisotopic (exact) mass is 394 g/mol. The average molecular weight is 394 g/mol. The van der Waals surface area contributed by atoms with Gasteiger partial charge < -0.3 is 5.32 Å². The van der Waals surface area contributed by atoms with E-state index < -0.39 is 10.0 Å². The van der Waals surface area contributed by atoms with Gasteiger partial charge in [-0.05, 0) is 67.4 Å². The third-order valence-electron chi connectivity index (χ3n) is 4.35. The van der Waals surface area contributed by atoms with Crippen molar-refractivity contribution in [2.45, 2.75) is 25.2 Å². The SMILES string of the molecule is CCc1ccc(NS(=O)(=O)c2ccc(C(=O)Nc3ccc(C)cc3)cc2)cc1. The Morgan fingerprint density at radius 3 is 1.96 bits per heavy atom. The Kier molecular flexibility index (Phi) is 5.80. The number of aryl methyl sites for hydroxylation is 2. The van der Waals surface area contributed by atoms with Gasteiger partial charge in [-0.25, -0.2) is 8.42 Å². The predicted octanol–water partition coefficient (Wildman–Crippen LogP) is 4.61. The van der Waals surface area contributed by atoms with E-state index in [1.54, 1.807) is 12.1 Å². The van der Waals surface area contributed by atoms with Crippen molar-refractivity contribution < 1.29 is 13.2 Å². The third kappa shape index (κ3) is 4.78. The summed E-state index contributed by atoms with van der Waals surface area (Å²) < 4.78 is 27.6. The second-order valence-electron chi connectivity index (χ2n) is 6.50. The fourth-order valence-electron chi connectivity index (χ4n) is 2.65. The molecular formula is C22H22N2O3S. The van der Waals surface area contributed by atoms with Gasteiger partial charge in [0, 0.05) is 16.9 Å². The van der Waals surface area contributed by atoms with Gasteiger partial charge in [-0.15, -0.1) is 0 Å². The molecule has 0 spiro atoms. The smallest absolute Gasteiger partial charge is 0.261 e. The van der Waals surface area contributed by atoms with E-state index in [9.17, 15) is 13.2 Å². The standard InChI is InChI=1S/C22H22N2O3S/c1-3-17-6-12-20(13-7-17)24-28(26,27)21-14-8-18(9-15-21)22(25)23-19-10-4-16(2)5-11-19/h4-15,24H,3H2,1-2H3,(H,23,25). The number of anilines is 2. The molecule has 144 valence electrons. The van der Waals surface area contributed by atoms with E-state index in [-0.39, 0.29) is 10.8 Å². The van der Waals surface area contributed by atoms with Crippen LogP contribution in [0.3, 0.4) is 0 Å². The molecule has 0 aliphatic rings. The molecule has 0 aliphatic heterocycles. The number of carbonyl (C=O) groups excluding carboxylic acids is 1. The van der Waals surface area contributed by atoms with E-state index in [0.717, 1.165) is 17.5 Å². The lowest BCUT2D eigenvalue weighted by Crippen LogP contribution is -2.14. The molecule has 28 heavy (non-hydrogen) atoms. The number of hydrogen-bond donors (Lipinski definition) is 2. The maximum atomic E-state index is 12.5. The largest absolute Gasteiger partial charge is 0.322 e. The van der Waals surface area contributed by atoms with Crippen LogP contribution in [-0.4, -0.2) is 14.3 Å². The molecule has 0 bridgehead atoms. The molecular weight excluding hydrogens is 372 g/mol. The van der Waals surface area contributed by atoms with Crippen LogP contribution in [-0.2, 0) is 16.4 Å². The van der Waals surface area contributed by atoms with Crippen LogP contribution in [0.2, 0.25) is 0 Å². The van der Waals surface area contributed by atoms with Gasteiger partial charge in [-0.2, -0.15) is 0 Å². The summed E-state index contributed by atoms with van der Waals surface area (Å²) in [7, 11) is -3.72. The number of hydrogen-bond acceptors (Lipinski definition) is 3. The Bertz CT molecular complexity index is 1060. The molecule has 3 aromatic carbocycles. The molecule has 0 aromatic heterocycles. The number of benzene rings is 3. The maximum absolute atomic E-state index is 12.5. The minimum Gasteiger partial charge on any atom is -0.322 e. The van der Waals surface area contributed by atoms with E-state index in [4.69, 9.17) is 0 Å². The molecule has 0 radical (unpaired) electrons. The summed E-state index contributed by atoms with van der Waals surface area (Å²) >= 11 is 0. The normalized spacial score (nSPS) is 11.1. The molecule has 3 rings (SSSR count). The van der Waals surface area contributed by atoms with Gasteiger partial charge in [0.25, 0.3) is 15.9 Å². The van der Waals surface area contributed by atoms with Gasteiger partial charge in [0.15, 0.2) is 0 Å². The first-order valence-corrected chi connectivity index (χ1v) is 10.5. The van der Waals surface area contributed by atoms with Gasteiger partial charge >= 0.3 is 0 Å². The van der Waals surface area contributed by atoms with Crippen molar-refractivity contribution >= 4 is 27.3 Å². The molecule has 2 N–H and O–H groups in total. The van der Waals surface area contributed by atoms with Crippen molar-refractivity contribution in [3.8, 4) is 0 Å². The summed E-state index contributed by atoms with van der Waals surface area (Å²) in [6.07, 6.45) is 0.888. The molecule has 0 unspecified atom stereocenters. The quantitative estimate of drug-likeness (QED) is 0.641. The van der Waals surface area contributed by atoms with E-state index in [2.05, 4.69) is 10.0 Å². The first kappa shape index (κ1) is 19.6. The van der Waals surface area contributed by atoms with Gasteiger partial charge in [-0.1, -0.05) is 36.8 Å². The highest BCUT2D eigenvalue weighted by atomic mass is 32.2. The number of rotatable bonds is 6. The molecule has 0 heterocycles. The van der Waals surface area contributed by atoms with Crippen LogP contribution in [0.25, 0.3) is 0 Å². The van der Waals surface area contributed by atoms with Crippen LogP contribution in [0.1, 0.15) is 28.4 Å². The lowest BCUT2D eigenvalue weighted by atomic mass is 10.2. The molecule has 6 heteroatoms. The van der Waals surface area contributed by atoms with Crippen molar-refractivity contribution in [2.75, 3.05) is 10.0 Å². The highest BCUT2D eigenvalue weighted by Crippen LogP contribution is 2.18. The van der Waals surface area contributed by atoms with Crippen molar-refractivity contribution in [2.24, 2.45) is 0 Å². The zero-order valence-electron chi connectivity index (χ0n) is 15.8. The van der Waals surface area contributed by atoms with E-state index >= 15 is 0 Å². The van der Waals surface area contributed by atoms with Crippen molar-refractivity contribution in [3.05, 3.63) is 89.5 Å². The number of carbonyl (C=O) groups is 1. The molecule has 5 nitrogen and oxygen atoms in total. The van der Waals surface area contributed by atoms with Crippen LogP contribution < -0.4 is 10.0 Å². The van der Waals surface area contributed by atoms with E-state index in [1.807, 2.05) is 50.2 Å². The first-order chi connectivity index (χ1) is 13.4. The fourth-order valence-corrected chi connectivity index (χ4v) is 3.71. The van der Waals surface area contributed by atoms with Crippen LogP contribution in [0, 0.1) is 6.92 Å². The fraction of sp³-hybridized carbons (Fsp3) is 0.136. The third-order valence-corrected chi connectivity index (χ3v) is 5.75. The van der Waals surface area contributed by atoms with Gasteiger partial charge in [-0.3, -0.25) is 9.52 Å². The highest BCUT2D eigenvalue weighted by Gasteiger charge is 2.15. The van der Waals surface area contributed by atoms with Crippen LogP contribution in [0.5, 0.6) is 0 Å². The molecule has 3 aromatic rings. The summed E-state index contributed by atoms with van der Waals surface area (Å²) in [5, 5.41) is 2.79. The number of nitrogens with one attached hydrogen (secondary N) is 2. The summed E-state index contributed by atoms with van der Waals surface area (Å²) in [4.78, 5) is 12.4. The Morgan fingerprint density at radius 2 is 1.39 bits per heavy atom. The molecule has 0 saturated heterocycles. The molecule has 0 atom stereocenters. The summed E-state index contributed by atoms with van der Waals surface area (Å²) in [6.45, 7) is 4.01. The Labute approximate surface area is 165 Å². The molecule has 0 fully saturated rings. The summed E-state index contributed by atoms with van der Waals surface area (Å²) in [5.74, 6) is -0.295. The molecule has 0 saturated carbocycles.